The van der Waals surface area contributed by atoms with Crippen LogP contribution in [0.15, 0.2) is 18.2 Å². The lowest BCUT2D eigenvalue weighted by Crippen LogP contribution is -2.43. The lowest BCUT2D eigenvalue weighted by Gasteiger charge is -2.23. The van der Waals surface area contributed by atoms with Crippen LogP contribution in [0.2, 0.25) is 0 Å². The molecule has 1 aliphatic rings. The summed E-state index contributed by atoms with van der Waals surface area (Å²) in [6, 6.07) is 4.72. The van der Waals surface area contributed by atoms with Gasteiger partial charge in [-0.2, -0.15) is 0 Å². The minimum Gasteiger partial charge on any atom is -0.478 e. The Labute approximate surface area is 112 Å². The molecule has 0 bridgehead atoms. The van der Waals surface area contributed by atoms with Gasteiger partial charge in [0.05, 0.1) is 11.6 Å². The molecule has 102 valence electrons. The van der Waals surface area contributed by atoms with Crippen molar-refractivity contribution in [3.05, 3.63) is 29.3 Å². The summed E-state index contributed by atoms with van der Waals surface area (Å²) < 4.78 is 0. The summed E-state index contributed by atoms with van der Waals surface area (Å²) in [4.78, 5) is 23.1. The first-order chi connectivity index (χ1) is 9.09. The molecule has 1 aromatic carbocycles. The molecule has 0 aliphatic carbocycles. The van der Waals surface area contributed by atoms with Crippen molar-refractivity contribution in [3.8, 4) is 0 Å². The SMILES string of the molecule is Cc1c(NC(=O)C2CCCCN2)cccc1C(=O)O. The van der Waals surface area contributed by atoms with E-state index in [9.17, 15) is 9.59 Å². The quantitative estimate of drug-likeness (QED) is 0.775. The molecule has 0 aromatic heterocycles. The molecule has 1 atom stereocenters. The smallest absolute Gasteiger partial charge is 0.336 e. The van der Waals surface area contributed by atoms with Gasteiger partial charge in [-0.15, -0.1) is 0 Å². The summed E-state index contributed by atoms with van der Waals surface area (Å²) in [6.45, 7) is 2.56. The Morgan fingerprint density at radius 2 is 2.16 bits per heavy atom. The van der Waals surface area contributed by atoms with Crippen molar-refractivity contribution >= 4 is 17.6 Å². The van der Waals surface area contributed by atoms with Crippen molar-refractivity contribution in [2.75, 3.05) is 11.9 Å². The summed E-state index contributed by atoms with van der Waals surface area (Å²) in [7, 11) is 0. The molecule has 1 amide bonds. The van der Waals surface area contributed by atoms with E-state index in [2.05, 4.69) is 10.6 Å². The molecule has 1 heterocycles. The number of carboxylic acid groups (broad SMARTS) is 1. The summed E-state index contributed by atoms with van der Waals surface area (Å²) in [5.41, 5.74) is 1.37. The van der Waals surface area contributed by atoms with E-state index in [0.717, 1.165) is 25.8 Å². The van der Waals surface area contributed by atoms with Crippen molar-refractivity contribution in [1.82, 2.24) is 5.32 Å². The third-order valence-electron chi connectivity index (χ3n) is 3.45. The predicted molar refractivity (Wildman–Crippen MR) is 72.4 cm³/mol. The zero-order valence-electron chi connectivity index (χ0n) is 10.9. The number of piperidine rings is 1. The molecule has 1 aliphatic heterocycles. The third-order valence-corrected chi connectivity index (χ3v) is 3.45. The summed E-state index contributed by atoms with van der Waals surface area (Å²) in [5, 5.41) is 15.0. The molecule has 1 aromatic rings. The average molecular weight is 262 g/mol. The van der Waals surface area contributed by atoms with Gasteiger partial charge < -0.3 is 15.7 Å². The fourth-order valence-corrected chi connectivity index (χ4v) is 2.30. The molecule has 5 nitrogen and oxygen atoms in total. The average Bonchev–Trinajstić information content (AvgIpc) is 2.41. The number of carbonyl (C=O) groups excluding carboxylic acids is 1. The van der Waals surface area contributed by atoms with Gasteiger partial charge in [0.25, 0.3) is 0 Å². The van der Waals surface area contributed by atoms with Crippen LogP contribution < -0.4 is 10.6 Å². The fourth-order valence-electron chi connectivity index (χ4n) is 2.30. The van der Waals surface area contributed by atoms with Crippen LogP contribution in [-0.2, 0) is 4.79 Å². The van der Waals surface area contributed by atoms with Crippen LogP contribution in [0.4, 0.5) is 5.69 Å². The van der Waals surface area contributed by atoms with Crippen LogP contribution in [0, 0.1) is 6.92 Å². The van der Waals surface area contributed by atoms with Crippen LogP contribution in [0.1, 0.15) is 35.2 Å². The summed E-state index contributed by atoms with van der Waals surface area (Å²) >= 11 is 0. The largest absolute Gasteiger partial charge is 0.478 e. The van der Waals surface area contributed by atoms with Gasteiger partial charge in [-0.1, -0.05) is 12.5 Å². The number of carboxylic acids is 1. The number of benzene rings is 1. The molecule has 1 saturated heterocycles. The van der Waals surface area contributed by atoms with E-state index in [1.54, 1.807) is 19.1 Å². The second-order valence-electron chi connectivity index (χ2n) is 4.78. The van der Waals surface area contributed by atoms with Crippen LogP contribution in [-0.4, -0.2) is 29.6 Å². The molecule has 2 rings (SSSR count). The van der Waals surface area contributed by atoms with Crippen LogP contribution in [0.3, 0.4) is 0 Å². The minimum atomic E-state index is -0.982. The van der Waals surface area contributed by atoms with E-state index in [-0.39, 0.29) is 17.5 Å². The van der Waals surface area contributed by atoms with E-state index < -0.39 is 5.97 Å². The Morgan fingerprint density at radius 1 is 1.37 bits per heavy atom. The van der Waals surface area contributed by atoms with Gasteiger partial charge in [0.1, 0.15) is 0 Å². The topological polar surface area (TPSA) is 78.4 Å². The Balaban J connectivity index is 2.12. The predicted octanol–water partition coefficient (Wildman–Crippen LogP) is 1.77. The Kier molecular flexibility index (Phi) is 4.16. The molecule has 3 N–H and O–H groups in total. The minimum absolute atomic E-state index is 0.0923. The maximum atomic E-state index is 12.1. The standard InChI is InChI=1S/C14H18N2O3/c1-9-10(14(18)19)5-4-7-11(9)16-13(17)12-6-2-3-8-15-12/h4-5,7,12,15H,2-3,6,8H2,1H3,(H,16,17)(H,18,19). The zero-order valence-corrected chi connectivity index (χ0v) is 10.9. The highest BCUT2D eigenvalue weighted by Crippen LogP contribution is 2.20. The van der Waals surface area contributed by atoms with Gasteiger partial charge in [-0.05, 0) is 44.0 Å². The first-order valence-corrected chi connectivity index (χ1v) is 6.47. The fraction of sp³-hybridized carbons (Fsp3) is 0.429. The second kappa shape index (κ2) is 5.84. The maximum Gasteiger partial charge on any atom is 0.336 e. The van der Waals surface area contributed by atoms with Crippen molar-refractivity contribution in [2.24, 2.45) is 0 Å². The van der Waals surface area contributed by atoms with Gasteiger partial charge in [0.15, 0.2) is 0 Å². The van der Waals surface area contributed by atoms with Crippen molar-refractivity contribution in [3.63, 3.8) is 0 Å². The van der Waals surface area contributed by atoms with Crippen LogP contribution in [0.5, 0.6) is 0 Å². The Bertz CT molecular complexity index is 493. The van der Waals surface area contributed by atoms with Gasteiger partial charge >= 0.3 is 5.97 Å². The molecule has 1 fully saturated rings. The molecule has 5 heteroatoms. The lowest BCUT2D eigenvalue weighted by molar-refractivity contribution is -0.118. The first kappa shape index (κ1) is 13.5. The molecule has 0 radical (unpaired) electrons. The van der Waals surface area contributed by atoms with Crippen molar-refractivity contribution in [1.29, 1.82) is 0 Å². The van der Waals surface area contributed by atoms with Gasteiger partial charge in [-0.25, -0.2) is 4.79 Å². The highest BCUT2D eigenvalue weighted by atomic mass is 16.4. The molecule has 1 unspecified atom stereocenters. The number of anilines is 1. The number of aromatic carboxylic acids is 1. The molecular formula is C14H18N2O3. The first-order valence-electron chi connectivity index (χ1n) is 6.47. The number of hydrogen-bond acceptors (Lipinski definition) is 3. The Hall–Kier alpha value is -1.88. The van der Waals surface area contributed by atoms with Gasteiger partial charge in [0.2, 0.25) is 5.91 Å². The number of nitrogens with one attached hydrogen (secondary N) is 2. The normalized spacial score (nSPS) is 18.9. The van der Waals surface area contributed by atoms with Crippen molar-refractivity contribution < 1.29 is 14.7 Å². The Morgan fingerprint density at radius 3 is 2.79 bits per heavy atom. The highest BCUT2D eigenvalue weighted by molar-refractivity contribution is 5.98. The molecule has 19 heavy (non-hydrogen) atoms. The number of carbonyl (C=O) groups is 2. The van der Waals surface area contributed by atoms with Gasteiger partial charge in [-0.3, -0.25) is 4.79 Å². The summed E-state index contributed by atoms with van der Waals surface area (Å²) in [6.07, 6.45) is 2.96. The van der Waals surface area contributed by atoms with Crippen LogP contribution >= 0.6 is 0 Å². The van der Waals surface area contributed by atoms with Gasteiger partial charge in [0, 0.05) is 5.69 Å². The molecular weight excluding hydrogens is 244 g/mol. The highest BCUT2D eigenvalue weighted by Gasteiger charge is 2.21. The molecule has 0 spiro atoms. The maximum absolute atomic E-state index is 12.1. The van der Waals surface area contributed by atoms with Crippen LogP contribution in [0.25, 0.3) is 0 Å². The second-order valence-corrected chi connectivity index (χ2v) is 4.78. The number of rotatable bonds is 3. The van der Waals surface area contributed by atoms with E-state index in [4.69, 9.17) is 5.11 Å². The summed E-state index contributed by atoms with van der Waals surface area (Å²) in [5.74, 6) is -1.07. The van der Waals surface area contributed by atoms with E-state index in [0.29, 0.717) is 11.3 Å². The van der Waals surface area contributed by atoms with E-state index in [1.165, 1.54) is 6.07 Å². The van der Waals surface area contributed by atoms with Crippen molar-refractivity contribution in [2.45, 2.75) is 32.2 Å². The van der Waals surface area contributed by atoms with E-state index in [1.807, 2.05) is 0 Å². The van der Waals surface area contributed by atoms with E-state index >= 15 is 0 Å². The molecule has 0 saturated carbocycles. The lowest BCUT2D eigenvalue weighted by atomic mass is 10.0. The zero-order chi connectivity index (χ0) is 13.8. The number of hydrogen-bond donors (Lipinski definition) is 3. The third kappa shape index (κ3) is 3.12. The monoisotopic (exact) mass is 262 g/mol. The number of amides is 1.